The van der Waals surface area contributed by atoms with Gasteiger partial charge < -0.3 is 9.73 Å². The van der Waals surface area contributed by atoms with Crippen LogP contribution in [0.25, 0.3) is 0 Å². The summed E-state index contributed by atoms with van der Waals surface area (Å²) >= 11 is 0. The van der Waals surface area contributed by atoms with E-state index in [1.54, 1.807) is 24.5 Å². The van der Waals surface area contributed by atoms with E-state index >= 15 is 0 Å². The maximum absolute atomic E-state index is 13.0. The lowest BCUT2D eigenvalue weighted by Gasteiger charge is -2.16. The van der Waals surface area contributed by atoms with Crippen molar-refractivity contribution in [3.63, 3.8) is 0 Å². The second kappa shape index (κ2) is 5.49. The molecule has 1 aliphatic rings. The van der Waals surface area contributed by atoms with Gasteiger partial charge in [-0.05, 0) is 48.6 Å². The molecule has 1 amide bonds. The van der Waals surface area contributed by atoms with Gasteiger partial charge in [0.2, 0.25) is 5.91 Å². The third-order valence-corrected chi connectivity index (χ3v) is 3.62. The molecule has 104 valence electrons. The van der Waals surface area contributed by atoms with Crippen LogP contribution in [0.5, 0.6) is 0 Å². The summed E-state index contributed by atoms with van der Waals surface area (Å²) in [5.41, 5.74) is 0.880. The van der Waals surface area contributed by atoms with E-state index in [4.69, 9.17) is 4.42 Å². The Balaban J connectivity index is 1.70. The second-order valence-corrected chi connectivity index (χ2v) is 5.16. The molecular weight excluding hydrogens is 257 g/mol. The van der Waals surface area contributed by atoms with Crippen molar-refractivity contribution in [2.75, 3.05) is 0 Å². The van der Waals surface area contributed by atoms with Crippen molar-refractivity contribution in [1.29, 1.82) is 0 Å². The van der Waals surface area contributed by atoms with Gasteiger partial charge in [-0.15, -0.1) is 0 Å². The summed E-state index contributed by atoms with van der Waals surface area (Å²) in [6, 6.07) is 9.83. The van der Waals surface area contributed by atoms with E-state index in [0.717, 1.165) is 24.2 Å². The SMILES string of the molecule is O=C(NCc1ccco1)C(c1ccc(F)cc1)C1CC1. The number of halogens is 1. The van der Waals surface area contributed by atoms with Crippen LogP contribution in [-0.4, -0.2) is 5.91 Å². The molecule has 1 unspecified atom stereocenters. The van der Waals surface area contributed by atoms with Gasteiger partial charge in [0.15, 0.2) is 0 Å². The Morgan fingerprint density at radius 3 is 2.65 bits per heavy atom. The van der Waals surface area contributed by atoms with E-state index < -0.39 is 0 Å². The van der Waals surface area contributed by atoms with Crippen LogP contribution in [-0.2, 0) is 11.3 Å². The number of hydrogen-bond acceptors (Lipinski definition) is 2. The zero-order valence-corrected chi connectivity index (χ0v) is 11.0. The quantitative estimate of drug-likeness (QED) is 0.908. The van der Waals surface area contributed by atoms with Gasteiger partial charge in [0.25, 0.3) is 0 Å². The van der Waals surface area contributed by atoms with E-state index in [-0.39, 0.29) is 17.6 Å². The van der Waals surface area contributed by atoms with E-state index in [1.165, 1.54) is 12.1 Å². The van der Waals surface area contributed by atoms with Crippen molar-refractivity contribution in [2.24, 2.45) is 5.92 Å². The van der Waals surface area contributed by atoms with Crippen molar-refractivity contribution in [3.8, 4) is 0 Å². The van der Waals surface area contributed by atoms with Crippen LogP contribution in [0.3, 0.4) is 0 Å². The fourth-order valence-electron chi connectivity index (χ4n) is 2.43. The predicted molar refractivity (Wildman–Crippen MR) is 72.4 cm³/mol. The maximum Gasteiger partial charge on any atom is 0.228 e. The predicted octanol–water partition coefficient (Wildman–Crippen LogP) is 3.23. The Morgan fingerprint density at radius 1 is 1.30 bits per heavy atom. The van der Waals surface area contributed by atoms with Crippen LogP contribution < -0.4 is 5.32 Å². The highest BCUT2D eigenvalue weighted by Gasteiger charge is 2.37. The fraction of sp³-hybridized carbons (Fsp3) is 0.312. The molecule has 1 heterocycles. The molecule has 1 aromatic carbocycles. The zero-order chi connectivity index (χ0) is 13.9. The summed E-state index contributed by atoms with van der Waals surface area (Å²) in [5.74, 6) is 0.615. The molecule has 1 fully saturated rings. The van der Waals surface area contributed by atoms with Crippen LogP contribution in [0.2, 0.25) is 0 Å². The summed E-state index contributed by atoms with van der Waals surface area (Å²) in [6.07, 6.45) is 3.69. The molecule has 1 N–H and O–H groups in total. The van der Waals surface area contributed by atoms with Gasteiger partial charge in [0.05, 0.1) is 18.7 Å². The van der Waals surface area contributed by atoms with Gasteiger partial charge >= 0.3 is 0 Å². The van der Waals surface area contributed by atoms with Crippen molar-refractivity contribution < 1.29 is 13.6 Å². The highest BCUT2D eigenvalue weighted by Crippen LogP contribution is 2.42. The minimum absolute atomic E-state index is 0.0180. The topological polar surface area (TPSA) is 42.2 Å². The summed E-state index contributed by atoms with van der Waals surface area (Å²) in [6.45, 7) is 0.385. The first-order chi connectivity index (χ1) is 9.74. The first-order valence-corrected chi connectivity index (χ1v) is 6.79. The highest BCUT2D eigenvalue weighted by atomic mass is 19.1. The molecule has 1 atom stereocenters. The number of benzene rings is 1. The van der Waals surface area contributed by atoms with Gasteiger partial charge in [0, 0.05) is 0 Å². The molecule has 2 aromatic rings. The molecule has 0 spiro atoms. The molecule has 1 saturated carbocycles. The highest BCUT2D eigenvalue weighted by molar-refractivity contribution is 5.84. The van der Waals surface area contributed by atoms with Crippen molar-refractivity contribution in [1.82, 2.24) is 5.32 Å². The monoisotopic (exact) mass is 273 g/mol. The molecule has 0 aliphatic heterocycles. The number of nitrogens with one attached hydrogen (secondary N) is 1. The Kier molecular flexibility index (Phi) is 3.54. The third kappa shape index (κ3) is 2.90. The van der Waals surface area contributed by atoms with Gasteiger partial charge in [0.1, 0.15) is 11.6 Å². The largest absolute Gasteiger partial charge is 0.467 e. The first-order valence-electron chi connectivity index (χ1n) is 6.79. The Hall–Kier alpha value is -2.10. The molecule has 3 nitrogen and oxygen atoms in total. The summed E-state index contributed by atoms with van der Waals surface area (Å²) in [5, 5.41) is 2.89. The van der Waals surface area contributed by atoms with Gasteiger partial charge in [-0.25, -0.2) is 4.39 Å². The average molecular weight is 273 g/mol. The number of amides is 1. The standard InChI is InChI=1S/C16H16FNO2/c17-13-7-5-12(6-8-13)15(11-3-4-11)16(19)18-10-14-2-1-9-20-14/h1-2,5-9,11,15H,3-4,10H2,(H,18,19). The van der Waals surface area contributed by atoms with Crippen molar-refractivity contribution in [3.05, 3.63) is 59.8 Å². The Morgan fingerprint density at radius 2 is 2.05 bits per heavy atom. The van der Waals surface area contributed by atoms with Crippen LogP contribution in [0.1, 0.15) is 30.1 Å². The molecular formula is C16H16FNO2. The molecule has 1 aliphatic carbocycles. The lowest BCUT2D eigenvalue weighted by atomic mass is 9.93. The summed E-state index contributed by atoms with van der Waals surface area (Å²) in [4.78, 5) is 12.4. The molecule has 3 rings (SSSR count). The normalized spacial score (nSPS) is 15.8. The minimum atomic E-state index is -0.278. The molecule has 0 bridgehead atoms. The van der Waals surface area contributed by atoms with E-state index in [1.807, 2.05) is 6.07 Å². The first kappa shape index (κ1) is 12.9. The number of carbonyl (C=O) groups excluding carboxylic acids is 1. The van der Waals surface area contributed by atoms with Crippen LogP contribution in [0, 0.1) is 11.7 Å². The lowest BCUT2D eigenvalue weighted by molar-refractivity contribution is -0.123. The molecule has 0 radical (unpaired) electrons. The van der Waals surface area contributed by atoms with E-state index in [0.29, 0.717) is 12.5 Å². The smallest absolute Gasteiger partial charge is 0.228 e. The maximum atomic E-state index is 13.0. The van der Waals surface area contributed by atoms with Crippen LogP contribution in [0.4, 0.5) is 4.39 Å². The Bertz CT molecular complexity index is 573. The number of carbonyl (C=O) groups is 1. The summed E-state index contributed by atoms with van der Waals surface area (Å²) in [7, 11) is 0. The van der Waals surface area contributed by atoms with Crippen molar-refractivity contribution in [2.45, 2.75) is 25.3 Å². The van der Waals surface area contributed by atoms with E-state index in [9.17, 15) is 9.18 Å². The molecule has 20 heavy (non-hydrogen) atoms. The number of rotatable bonds is 5. The van der Waals surface area contributed by atoms with Crippen LogP contribution >= 0.6 is 0 Å². The third-order valence-electron chi connectivity index (χ3n) is 3.62. The molecule has 4 heteroatoms. The second-order valence-electron chi connectivity index (χ2n) is 5.16. The summed E-state index contributed by atoms with van der Waals surface area (Å²) < 4.78 is 18.2. The minimum Gasteiger partial charge on any atom is -0.467 e. The van der Waals surface area contributed by atoms with Crippen molar-refractivity contribution >= 4 is 5.91 Å². The molecule has 1 aromatic heterocycles. The van der Waals surface area contributed by atoms with Gasteiger partial charge in [-0.3, -0.25) is 4.79 Å². The van der Waals surface area contributed by atoms with Gasteiger partial charge in [-0.1, -0.05) is 12.1 Å². The number of furan rings is 1. The average Bonchev–Trinajstić information content (AvgIpc) is 3.14. The van der Waals surface area contributed by atoms with Gasteiger partial charge in [-0.2, -0.15) is 0 Å². The number of hydrogen-bond donors (Lipinski definition) is 1. The Labute approximate surface area is 116 Å². The van der Waals surface area contributed by atoms with Crippen LogP contribution in [0.15, 0.2) is 47.1 Å². The fourth-order valence-corrected chi connectivity index (χ4v) is 2.43. The lowest BCUT2D eigenvalue weighted by Crippen LogP contribution is -2.30. The zero-order valence-electron chi connectivity index (χ0n) is 11.0. The van der Waals surface area contributed by atoms with E-state index in [2.05, 4.69) is 5.32 Å². The molecule has 0 saturated heterocycles.